The molecule has 24 heavy (non-hydrogen) atoms. The number of β-amino-alcohol motifs (C(OH)–C–C–N with tert-alkyl or cyclic N) is 1. The fourth-order valence-electron chi connectivity index (χ4n) is 3.41. The SMILES string of the molecule is CCn1ccnc1CN1CCN(C[C@H](O)Cn2cccn2)C[C@@H]1C. The third kappa shape index (κ3) is 4.23. The molecule has 3 rings (SSSR count). The number of piperazine rings is 1. The largest absolute Gasteiger partial charge is 0.390 e. The Morgan fingerprint density at radius 3 is 2.83 bits per heavy atom. The molecular formula is C17H28N6O. The molecule has 0 bridgehead atoms. The molecule has 0 aromatic carbocycles. The lowest BCUT2D eigenvalue weighted by Crippen LogP contribution is -2.53. The number of imidazole rings is 1. The first-order valence-electron chi connectivity index (χ1n) is 8.77. The Kier molecular flexibility index (Phi) is 5.65. The van der Waals surface area contributed by atoms with E-state index in [0.717, 1.165) is 38.5 Å². The van der Waals surface area contributed by atoms with E-state index in [2.05, 4.69) is 38.3 Å². The fraction of sp³-hybridized carbons (Fsp3) is 0.647. The highest BCUT2D eigenvalue weighted by Gasteiger charge is 2.26. The van der Waals surface area contributed by atoms with Gasteiger partial charge < -0.3 is 9.67 Å². The van der Waals surface area contributed by atoms with E-state index in [-0.39, 0.29) is 6.10 Å². The second kappa shape index (κ2) is 7.92. The zero-order valence-corrected chi connectivity index (χ0v) is 14.6. The molecule has 0 amide bonds. The maximum Gasteiger partial charge on any atom is 0.122 e. The van der Waals surface area contributed by atoms with E-state index in [4.69, 9.17) is 0 Å². The summed E-state index contributed by atoms with van der Waals surface area (Å²) in [5.41, 5.74) is 0. The zero-order chi connectivity index (χ0) is 16.9. The molecule has 0 aliphatic carbocycles. The summed E-state index contributed by atoms with van der Waals surface area (Å²) in [6.07, 6.45) is 7.17. The second-order valence-corrected chi connectivity index (χ2v) is 6.59. The molecule has 0 radical (unpaired) electrons. The summed E-state index contributed by atoms with van der Waals surface area (Å²) in [7, 11) is 0. The van der Waals surface area contributed by atoms with Gasteiger partial charge in [0.2, 0.25) is 0 Å². The van der Waals surface area contributed by atoms with Crippen molar-refractivity contribution in [1.82, 2.24) is 29.1 Å². The van der Waals surface area contributed by atoms with Gasteiger partial charge in [0.25, 0.3) is 0 Å². The average molecular weight is 332 g/mol. The van der Waals surface area contributed by atoms with E-state index in [1.807, 2.05) is 24.7 Å². The minimum Gasteiger partial charge on any atom is -0.390 e. The summed E-state index contributed by atoms with van der Waals surface area (Å²) in [4.78, 5) is 9.31. The van der Waals surface area contributed by atoms with E-state index in [9.17, 15) is 5.11 Å². The lowest BCUT2D eigenvalue weighted by molar-refractivity contribution is 0.0344. The highest BCUT2D eigenvalue weighted by atomic mass is 16.3. The van der Waals surface area contributed by atoms with Gasteiger partial charge in [-0.1, -0.05) is 0 Å². The van der Waals surface area contributed by atoms with Crippen LogP contribution in [0.4, 0.5) is 0 Å². The lowest BCUT2D eigenvalue weighted by atomic mass is 10.1. The maximum atomic E-state index is 10.3. The monoisotopic (exact) mass is 332 g/mol. The topological polar surface area (TPSA) is 62.4 Å². The number of aromatic nitrogens is 4. The molecule has 132 valence electrons. The van der Waals surface area contributed by atoms with Crippen LogP contribution in [0.3, 0.4) is 0 Å². The van der Waals surface area contributed by atoms with Gasteiger partial charge in [0, 0.05) is 63.6 Å². The molecule has 3 heterocycles. The molecule has 2 aromatic rings. The van der Waals surface area contributed by atoms with Crippen LogP contribution in [0.2, 0.25) is 0 Å². The van der Waals surface area contributed by atoms with Crippen molar-refractivity contribution >= 4 is 0 Å². The Bertz CT molecular complexity index is 610. The van der Waals surface area contributed by atoms with Crippen molar-refractivity contribution in [3.05, 3.63) is 36.7 Å². The standard InChI is InChI=1S/C17H28N6O/c1-3-21-8-6-18-17(21)14-22-10-9-20(11-15(22)2)12-16(24)13-23-7-4-5-19-23/h4-8,15-16,24H,3,9-14H2,1-2H3/t15-,16-/m0/s1. The molecule has 2 atom stereocenters. The summed E-state index contributed by atoms with van der Waals surface area (Å²) in [5, 5.41) is 14.4. The van der Waals surface area contributed by atoms with Crippen molar-refractivity contribution in [3.8, 4) is 0 Å². The smallest absolute Gasteiger partial charge is 0.122 e. The van der Waals surface area contributed by atoms with Gasteiger partial charge in [-0.2, -0.15) is 5.10 Å². The molecule has 1 aliphatic rings. The number of nitrogens with zero attached hydrogens (tertiary/aromatic N) is 6. The van der Waals surface area contributed by atoms with Crippen LogP contribution in [0.5, 0.6) is 0 Å². The van der Waals surface area contributed by atoms with Crippen LogP contribution in [0.1, 0.15) is 19.7 Å². The van der Waals surface area contributed by atoms with Crippen LogP contribution in [0, 0.1) is 0 Å². The summed E-state index contributed by atoms with van der Waals surface area (Å²) in [6.45, 7) is 10.5. The fourth-order valence-corrected chi connectivity index (χ4v) is 3.41. The van der Waals surface area contributed by atoms with E-state index in [1.165, 1.54) is 0 Å². The van der Waals surface area contributed by atoms with E-state index >= 15 is 0 Å². The van der Waals surface area contributed by atoms with Crippen LogP contribution >= 0.6 is 0 Å². The van der Waals surface area contributed by atoms with E-state index in [1.54, 1.807) is 10.9 Å². The molecule has 0 spiro atoms. The first kappa shape index (κ1) is 17.1. The number of rotatable bonds is 7. The van der Waals surface area contributed by atoms with Gasteiger partial charge in [-0.05, 0) is 19.9 Å². The summed E-state index contributed by atoms with van der Waals surface area (Å²) in [6, 6.07) is 2.34. The molecule has 1 N–H and O–H groups in total. The van der Waals surface area contributed by atoms with Gasteiger partial charge in [0.15, 0.2) is 0 Å². The van der Waals surface area contributed by atoms with Gasteiger partial charge in [-0.15, -0.1) is 0 Å². The predicted octanol–water partition coefficient (Wildman–Crippen LogP) is 0.667. The first-order chi connectivity index (χ1) is 11.7. The Balaban J connectivity index is 1.48. The van der Waals surface area contributed by atoms with Crippen molar-refractivity contribution in [3.63, 3.8) is 0 Å². The van der Waals surface area contributed by atoms with Crippen molar-refractivity contribution in [1.29, 1.82) is 0 Å². The quantitative estimate of drug-likeness (QED) is 0.807. The third-order valence-corrected chi connectivity index (χ3v) is 4.76. The molecule has 1 fully saturated rings. The molecule has 1 aliphatic heterocycles. The second-order valence-electron chi connectivity index (χ2n) is 6.59. The third-order valence-electron chi connectivity index (χ3n) is 4.76. The summed E-state index contributed by atoms with van der Waals surface area (Å²) >= 11 is 0. The molecule has 7 heteroatoms. The molecule has 1 saturated heterocycles. The van der Waals surface area contributed by atoms with Crippen LogP contribution in [-0.2, 0) is 19.6 Å². The van der Waals surface area contributed by atoms with Gasteiger partial charge in [0.1, 0.15) is 5.82 Å². The van der Waals surface area contributed by atoms with Crippen LogP contribution in [-0.4, -0.2) is 72.6 Å². The van der Waals surface area contributed by atoms with E-state index < -0.39 is 0 Å². The van der Waals surface area contributed by atoms with Crippen molar-refractivity contribution in [2.45, 2.75) is 45.6 Å². The Morgan fingerprint density at radius 1 is 1.25 bits per heavy atom. The summed E-state index contributed by atoms with van der Waals surface area (Å²) in [5.74, 6) is 1.14. The predicted molar refractivity (Wildman–Crippen MR) is 92.4 cm³/mol. The number of hydrogen-bond acceptors (Lipinski definition) is 5. The van der Waals surface area contributed by atoms with Crippen LogP contribution < -0.4 is 0 Å². The van der Waals surface area contributed by atoms with Crippen molar-refractivity contribution in [2.75, 3.05) is 26.2 Å². The molecule has 0 unspecified atom stereocenters. The van der Waals surface area contributed by atoms with Crippen molar-refractivity contribution in [2.24, 2.45) is 0 Å². The van der Waals surface area contributed by atoms with Crippen molar-refractivity contribution < 1.29 is 5.11 Å². The number of aliphatic hydroxyl groups excluding tert-OH is 1. The Hall–Kier alpha value is -1.70. The first-order valence-corrected chi connectivity index (χ1v) is 8.77. The van der Waals surface area contributed by atoms with Gasteiger partial charge >= 0.3 is 0 Å². The minimum atomic E-state index is -0.386. The number of aliphatic hydroxyl groups is 1. The average Bonchev–Trinajstić information content (AvgIpc) is 3.21. The molecule has 2 aromatic heterocycles. The maximum absolute atomic E-state index is 10.3. The Morgan fingerprint density at radius 2 is 2.12 bits per heavy atom. The van der Waals surface area contributed by atoms with Crippen LogP contribution in [0.15, 0.2) is 30.9 Å². The zero-order valence-electron chi connectivity index (χ0n) is 14.6. The number of aryl methyl sites for hydroxylation is 1. The summed E-state index contributed by atoms with van der Waals surface area (Å²) < 4.78 is 3.99. The molecule has 7 nitrogen and oxygen atoms in total. The van der Waals surface area contributed by atoms with E-state index in [0.29, 0.717) is 19.1 Å². The highest BCUT2D eigenvalue weighted by Crippen LogP contribution is 2.14. The van der Waals surface area contributed by atoms with Gasteiger partial charge in [-0.3, -0.25) is 14.5 Å². The van der Waals surface area contributed by atoms with Gasteiger partial charge in [0.05, 0.1) is 19.2 Å². The lowest BCUT2D eigenvalue weighted by Gasteiger charge is -2.40. The normalized spacial score (nSPS) is 21.2. The minimum absolute atomic E-state index is 0.386. The molecular weight excluding hydrogens is 304 g/mol. The Labute approximate surface area is 143 Å². The molecule has 0 saturated carbocycles. The van der Waals surface area contributed by atoms with Crippen LogP contribution in [0.25, 0.3) is 0 Å². The number of hydrogen-bond donors (Lipinski definition) is 1. The van der Waals surface area contributed by atoms with Gasteiger partial charge in [-0.25, -0.2) is 4.98 Å². The highest BCUT2D eigenvalue weighted by molar-refractivity contribution is 4.94.